The van der Waals surface area contributed by atoms with Crippen molar-refractivity contribution in [3.05, 3.63) is 30.3 Å². The summed E-state index contributed by atoms with van der Waals surface area (Å²) in [6.45, 7) is 4.24. The van der Waals surface area contributed by atoms with Crippen LogP contribution in [0.2, 0.25) is 0 Å². The number of para-hydroxylation sites is 1. The standard InChI is InChI=1S/C18H25N3O2/c1-13-11-16(13)18(23)20-15-7-9-21(10-8-15)12-17(22)19-14-5-3-2-4-6-14/h2-6,13,15-16H,7-12H2,1H3,(H,19,22)(H,20,23). The number of carbonyl (C=O) groups is 2. The Morgan fingerprint density at radius 2 is 1.83 bits per heavy atom. The van der Waals surface area contributed by atoms with Crippen LogP contribution >= 0.6 is 0 Å². The Bertz CT molecular complexity index is 553. The third-order valence-corrected chi connectivity index (χ3v) is 4.80. The first-order chi connectivity index (χ1) is 11.1. The lowest BCUT2D eigenvalue weighted by molar-refractivity contribution is -0.124. The molecule has 2 N–H and O–H groups in total. The lowest BCUT2D eigenvalue weighted by atomic mass is 10.0. The minimum Gasteiger partial charge on any atom is -0.353 e. The summed E-state index contributed by atoms with van der Waals surface area (Å²) in [5, 5.41) is 6.07. The average molecular weight is 315 g/mol. The van der Waals surface area contributed by atoms with Gasteiger partial charge in [0.1, 0.15) is 0 Å². The maximum Gasteiger partial charge on any atom is 0.238 e. The summed E-state index contributed by atoms with van der Waals surface area (Å²) in [4.78, 5) is 26.2. The molecule has 23 heavy (non-hydrogen) atoms. The van der Waals surface area contributed by atoms with Crippen LogP contribution < -0.4 is 10.6 Å². The predicted octanol–water partition coefficient (Wildman–Crippen LogP) is 1.86. The lowest BCUT2D eigenvalue weighted by Gasteiger charge is -2.31. The van der Waals surface area contributed by atoms with E-state index < -0.39 is 0 Å². The van der Waals surface area contributed by atoms with Gasteiger partial charge in [-0.15, -0.1) is 0 Å². The van der Waals surface area contributed by atoms with E-state index in [9.17, 15) is 9.59 Å². The fourth-order valence-corrected chi connectivity index (χ4v) is 3.16. The van der Waals surface area contributed by atoms with Gasteiger partial charge in [0, 0.05) is 30.7 Å². The minimum atomic E-state index is 0.0190. The van der Waals surface area contributed by atoms with E-state index >= 15 is 0 Å². The molecule has 2 fully saturated rings. The first-order valence-electron chi connectivity index (χ1n) is 8.49. The van der Waals surface area contributed by atoms with Crippen molar-refractivity contribution >= 4 is 17.5 Å². The maximum atomic E-state index is 12.1. The molecule has 5 nitrogen and oxygen atoms in total. The molecule has 1 saturated carbocycles. The van der Waals surface area contributed by atoms with Gasteiger partial charge in [-0.05, 0) is 37.3 Å². The molecule has 1 aromatic carbocycles. The highest BCUT2D eigenvalue weighted by atomic mass is 16.2. The number of nitrogens with one attached hydrogen (secondary N) is 2. The van der Waals surface area contributed by atoms with Gasteiger partial charge in [-0.1, -0.05) is 25.1 Å². The van der Waals surface area contributed by atoms with Crippen molar-refractivity contribution in [1.82, 2.24) is 10.2 Å². The predicted molar refractivity (Wildman–Crippen MR) is 89.9 cm³/mol. The smallest absolute Gasteiger partial charge is 0.238 e. The number of rotatable bonds is 5. The topological polar surface area (TPSA) is 61.4 Å². The zero-order valence-corrected chi connectivity index (χ0v) is 13.6. The molecule has 1 heterocycles. The maximum absolute atomic E-state index is 12.1. The van der Waals surface area contributed by atoms with Crippen molar-refractivity contribution in [2.45, 2.75) is 32.2 Å². The summed E-state index contributed by atoms with van der Waals surface area (Å²) in [6.07, 6.45) is 2.88. The third kappa shape index (κ3) is 4.55. The molecular formula is C18H25N3O2. The van der Waals surface area contributed by atoms with Gasteiger partial charge in [0.2, 0.25) is 11.8 Å². The second kappa shape index (κ2) is 7.13. The second-order valence-corrected chi connectivity index (χ2v) is 6.79. The highest BCUT2D eigenvalue weighted by Crippen LogP contribution is 2.37. The Labute approximate surface area is 137 Å². The van der Waals surface area contributed by atoms with Crippen LogP contribution in [-0.4, -0.2) is 42.4 Å². The van der Waals surface area contributed by atoms with Crippen molar-refractivity contribution in [2.75, 3.05) is 25.0 Å². The van der Waals surface area contributed by atoms with Crippen LogP contribution in [-0.2, 0) is 9.59 Å². The van der Waals surface area contributed by atoms with E-state index in [1.807, 2.05) is 30.3 Å². The zero-order chi connectivity index (χ0) is 16.2. The summed E-state index contributed by atoms with van der Waals surface area (Å²) in [5.74, 6) is 1.03. The van der Waals surface area contributed by atoms with Gasteiger partial charge in [-0.2, -0.15) is 0 Å². The number of carbonyl (C=O) groups excluding carboxylic acids is 2. The summed E-state index contributed by atoms with van der Waals surface area (Å²) in [5.41, 5.74) is 0.832. The van der Waals surface area contributed by atoms with Crippen molar-refractivity contribution in [3.8, 4) is 0 Å². The van der Waals surface area contributed by atoms with Crippen LogP contribution in [0.15, 0.2) is 30.3 Å². The molecule has 0 radical (unpaired) electrons. The van der Waals surface area contributed by atoms with E-state index in [2.05, 4.69) is 22.5 Å². The van der Waals surface area contributed by atoms with Gasteiger partial charge < -0.3 is 10.6 Å². The quantitative estimate of drug-likeness (QED) is 0.872. The molecule has 1 saturated heterocycles. The monoisotopic (exact) mass is 315 g/mol. The van der Waals surface area contributed by atoms with Gasteiger partial charge in [0.25, 0.3) is 0 Å². The van der Waals surface area contributed by atoms with Crippen LogP contribution in [0.3, 0.4) is 0 Å². The zero-order valence-electron chi connectivity index (χ0n) is 13.6. The van der Waals surface area contributed by atoms with E-state index in [1.54, 1.807) is 0 Å². The summed E-state index contributed by atoms with van der Waals surface area (Å²) < 4.78 is 0. The van der Waals surface area contributed by atoms with Gasteiger partial charge in [-0.25, -0.2) is 0 Å². The van der Waals surface area contributed by atoms with Gasteiger partial charge in [0.05, 0.1) is 6.54 Å². The fraction of sp³-hybridized carbons (Fsp3) is 0.556. The number of benzene rings is 1. The molecule has 2 aliphatic rings. The van der Waals surface area contributed by atoms with E-state index in [0.717, 1.165) is 38.0 Å². The highest BCUT2D eigenvalue weighted by Gasteiger charge is 2.39. The minimum absolute atomic E-state index is 0.0190. The van der Waals surface area contributed by atoms with Crippen LogP contribution in [0.1, 0.15) is 26.2 Å². The van der Waals surface area contributed by atoms with Crippen molar-refractivity contribution < 1.29 is 9.59 Å². The summed E-state index contributed by atoms with van der Waals surface area (Å²) in [6, 6.07) is 9.78. The Hall–Kier alpha value is -1.88. The number of hydrogen-bond donors (Lipinski definition) is 2. The molecule has 124 valence electrons. The number of likely N-dealkylation sites (tertiary alicyclic amines) is 1. The molecule has 0 aromatic heterocycles. The SMILES string of the molecule is CC1CC1C(=O)NC1CCN(CC(=O)Nc2ccccc2)CC1. The van der Waals surface area contributed by atoms with E-state index in [4.69, 9.17) is 0 Å². The first kappa shape index (κ1) is 16.0. The molecule has 1 aromatic rings. The fourth-order valence-electron chi connectivity index (χ4n) is 3.16. The number of hydrogen-bond acceptors (Lipinski definition) is 3. The summed E-state index contributed by atoms with van der Waals surface area (Å²) >= 11 is 0. The van der Waals surface area contributed by atoms with Gasteiger partial charge in [-0.3, -0.25) is 14.5 Å². The Balaban J connectivity index is 1.37. The number of amides is 2. The Morgan fingerprint density at radius 3 is 2.43 bits per heavy atom. The molecule has 0 bridgehead atoms. The van der Waals surface area contributed by atoms with Gasteiger partial charge in [0.15, 0.2) is 0 Å². The van der Waals surface area contributed by atoms with E-state index in [1.165, 1.54) is 0 Å². The molecule has 1 aliphatic heterocycles. The molecule has 0 spiro atoms. The number of anilines is 1. The van der Waals surface area contributed by atoms with Crippen LogP contribution in [0.25, 0.3) is 0 Å². The van der Waals surface area contributed by atoms with Crippen LogP contribution in [0, 0.1) is 11.8 Å². The van der Waals surface area contributed by atoms with Crippen LogP contribution in [0.5, 0.6) is 0 Å². The molecule has 2 atom stereocenters. The van der Waals surface area contributed by atoms with Crippen molar-refractivity contribution in [3.63, 3.8) is 0 Å². The van der Waals surface area contributed by atoms with E-state index in [-0.39, 0.29) is 23.8 Å². The Kier molecular flexibility index (Phi) is 4.96. The molecule has 3 rings (SSSR count). The lowest BCUT2D eigenvalue weighted by Crippen LogP contribution is -2.47. The van der Waals surface area contributed by atoms with E-state index in [0.29, 0.717) is 12.5 Å². The number of nitrogens with zero attached hydrogens (tertiary/aromatic N) is 1. The van der Waals surface area contributed by atoms with Crippen LogP contribution in [0.4, 0.5) is 5.69 Å². The average Bonchev–Trinajstić information content (AvgIpc) is 3.27. The third-order valence-electron chi connectivity index (χ3n) is 4.80. The first-order valence-corrected chi connectivity index (χ1v) is 8.49. The Morgan fingerprint density at radius 1 is 1.17 bits per heavy atom. The molecule has 5 heteroatoms. The molecule has 2 unspecified atom stereocenters. The normalized spacial score (nSPS) is 24.9. The van der Waals surface area contributed by atoms with Gasteiger partial charge >= 0.3 is 0 Å². The van der Waals surface area contributed by atoms with Crippen molar-refractivity contribution in [1.29, 1.82) is 0 Å². The molecule has 2 amide bonds. The summed E-state index contributed by atoms with van der Waals surface area (Å²) in [7, 11) is 0. The van der Waals surface area contributed by atoms with Crippen molar-refractivity contribution in [2.24, 2.45) is 11.8 Å². The second-order valence-electron chi connectivity index (χ2n) is 6.79. The largest absolute Gasteiger partial charge is 0.353 e. The molecular weight excluding hydrogens is 290 g/mol. The number of piperidine rings is 1. The molecule has 1 aliphatic carbocycles. The highest BCUT2D eigenvalue weighted by molar-refractivity contribution is 5.92.